The van der Waals surface area contributed by atoms with E-state index in [4.69, 9.17) is 0 Å². The quantitative estimate of drug-likeness (QED) is 0.205. The van der Waals surface area contributed by atoms with Gasteiger partial charge in [-0.05, 0) is 113 Å². The van der Waals surface area contributed by atoms with Crippen LogP contribution in [0.25, 0.3) is 66.1 Å². The van der Waals surface area contributed by atoms with Crippen LogP contribution in [0.2, 0.25) is 0 Å². The fourth-order valence-corrected chi connectivity index (χ4v) is 7.33. The fourth-order valence-electron chi connectivity index (χ4n) is 7.33. The highest BCUT2D eigenvalue weighted by molar-refractivity contribution is 6.11. The molecule has 40 heavy (non-hydrogen) atoms. The lowest BCUT2D eigenvalue weighted by atomic mass is 9.84. The molecule has 0 heterocycles. The zero-order valence-corrected chi connectivity index (χ0v) is 22.1. The number of hydrogen-bond acceptors (Lipinski definition) is 0. The van der Waals surface area contributed by atoms with Crippen LogP contribution in [-0.4, -0.2) is 0 Å². The Morgan fingerprint density at radius 1 is 0.325 bits per heavy atom. The van der Waals surface area contributed by atoms with Gasteiger partial charge in [-0.1, -0.05) is 121 Å². The Bertz CT molecular complexity index is 2160. The van der Waals surface area contributed by atoms with Crippen LogP contribution >= 0.6 is 0 Å². The first-order chi connectivity index (χ1) is 19.8. The normalized spacial score (nSPS) is 12.8. The number of rotatable bonds is 2. The van der Waals surface area contributed by atoms with E-state index < -0.39 is 0 Å². The molecule has 0 amide bonds. The van der Waals surface area contributed by atoms with Crippen molar-refractivity contribution in [3.63, 3.8) is 0 Å². The third-order valence-electron chi connectivity index (χ3n) is 9.15. The van der Waals surface area contributed by atoms with Crippen LogP contribution in [0.5, 0.6) is 0 Å². The summed E-state index contributed by atoms with van der Waals surface area (Å²) < 4.78 is 0. The molecule has 0 saturated heterocycles. The molecule has 9 rings (SSSR count). The molecule has 0 nitrogen and oxygen atoms in total. The van der Waals surface area contributed by atoms with E-state index in [1.165, 1.54) is 88.3 Å². The van der Waals surface area contributed by atoms with Crippen LogP contribution in [0.15, 0.2) is 133 Å². The first-order valence-corrected chi connectivity index (χ1v) is 14.2. The number of hydrogen-bond donors (Lipinski definition) is 0. The highest BCUT2D eigenvalue weighted by Crippen LogP contribution is 2.49. The second-order valence-corrected chi connectivity index (χ2v) is 11.2. The maximum Gasteiger partial charge on any atom is -0.000728 e. The summed E-state index contributed by atoms with van der Waals surface area (Å²) in [5, 5.41) is 5.19. The minimum absolute atomic E-state index is 0.976. The van der Waals surface area contributed by atoms with E-state index in [0.29, 0.717) is 0 Å². The molecule has 7 aromatic rings. The summed E-state index contributed by atoms with van der Waals surface area (Å²) in [5.74, 6) is 0. The van der Waals surface area contributed by atoms with Crippen molar-refractivity contribution in [1.82, 2.24) is 0 Å². The molecular weight excluding hydrogens is 480 g/mol. The molecule has 0 heteroatoms. The van der Waals surface area contributed by atoms with Gasteiger partial charge in [0.2, 0.25) is 0 Å². The minimum atomic E-state index is 0.976. The molecule has 0 N–H and O–H groups in total. The van der Waals surface area contributed by atoms with E-state index in [1.807, 2.05) is 0 Å². The molecule has 0 unspecified atom stereocenters. The van der Waals surface area contributed by atoms with Crippen LogP contribution in [0.1, 0.15) is 22.3 Å². The van der Waals surface area contributed by atoms with Gasteiger partial charge in [-0.3, -0.25) is 0 Å². The minimum Gasteiger partial charge on any atom is -0.0619 e. The molecule has 0 aliphatic heterocycles. The average Bonchev–Trinajstić information content (AvgIpc) is 3.58. The van der Waals surface area contributed by atoms with Crippen molar-refractivity contribution in [1.29, 1.82) is 0 Å². The molecule has 0 atom stereocenters. The Labute approximate surface area is 234 Å². The second kappa shape index (κ2) is 8.28. The SMILES string of the molecule is c1ccc2c(c1)Cc1c-2cccc1-c1ccc2cc3ccccc3cc2c1-c1cccc2c1Cc1ccccc1-2. The lowest BCUT2D eigenvalue weighted by Gasteiger charge is -2.19. The van der Waals surface area contributed by atoms with Crippen molar-refractivity contribution in [2.45, 2.75) is 12.8 Å². The van der Waals surface area contributed by atoms with Crippen molar-refractivity contribution in [2.75, 3.05) is 0 Å². The summed E-state index contributed by atoms with van der Waals surface area (Å²) in [6, 6.07) is 49.9. The van der Waals surface area contributed by atoms with Crippen LogP contribution < -0.4 is 0 Å². The van der Waals surface area contributed by atoms with Crippen molar-refractivity contribution in [3.05, 3.63) is 156 Å². The highest BCUT2D eigenvalue weighted by atomic mass is 14.3. The average molecular weight is 507 g/mol. The van der Waals surface area contributed by atoms with Gasteiger partial charge in [0, 0.05) is 0 Å². The summed E-state index contributed by atoms with van der Waals surface area (Å²) in [6.07, 6.45) is 1.96. The largest absolute Gasteiger partial charge is 0.0619 e. The summed E-state index contributed by atoms with van der Waals surface area (Å²) in [4.78, 5) is 0. The maximum atomic E-state index is 2.42. The Morgan fingerprint density at radius 3 is 1.50 bits per heavy atom. The summed E-state index contributed by atoms with van der Waals surface area (Å²) in [6.45, 7) is 0. The summed E-state index contributed by atoms with van der Waals surface area (Å²) in [5.41, 5.74) is 16.7. The molecule has 0 bridgehead atoms. The smallest absolute Gasteiger partial charge is 0.000728 e. The van der Waals surface area contributed by atoms with E-state index in [1.54, 1.807) is 0 Å². The van der Waals surface area contributed by atoms with Crippen molar-refractivity contribution >= 4 is 21.5 Å². The standard InChI is InChI=1S/C40H26/c1-2-10-26-22-37-29(21-25(26)9-1)19-20-36(34-17-7-15-32-30-13-5-3-11-27(30)23-38(32)34)40(37)35-18-8-16-33-31-14-6-4-12-28(31)24-39(33)35/h1-22H,23-24H2. The third-order valence-corrected chi connectivity index (χ3v) is 9.15. The van der Waals surface area contributed by atoms with Gasteiger partial charge in [0.1, 0.15) is 0 Å². The lowest BCUT2D eigenvalue weighted by molar-refractivity contribution is 1.26. The van der Waals surface area contributed by atoms with Gasteiger partial charge in [-0.2, -0.15) is 0 Å². The van der Waals surface area contributed by atoms with E-state index in [2.05, 4.69) is 133 Å². The molecule has 2 aliphatic rings. The third kappa shape index (κ3) is 3.08. The Morgan fingerprint density at radius 2 is 0.825 bits per heavy atom. The Hall–Kier alpha value is -4.94. The fraction of sp³-hybridized carbons (Fsp3) is 0.0500. The van der Waals surface area contributed by atoms with Gasteiger partial charge in [-0.15, -0.1) is 0 Å². The Kier molecular flexibility index (Phi) is 4.54. The summed E-state index contributed by atoms with van der Waals surface area (Å²) in [7, 11) is 0. The van der Waals surface area contributed by atoms with Gasteiger partial charge >= 0.3 is 0 Å². The molecule has 0 radical (unpaired) electrons. The first kappa shape index (κ1) is 21.9. The van der Waals surface area contributed by atoms with Crippen LogP contribution in [0.4, 0.5) is 0 Å². The van der Waals surface area contributed by atoms with Gasteiger partial charge in [0.25, 0.3) is 0 Å². The topological polar surface area (TPSA) is 0 Å². The van der Waals surface area contributed by atoms with Gasteiger partial charge in [-0.25, -0.2) is 0 Å². The summed E-state index contributed by atoms with van der Waals surface area (Å²) >= 11 is 0. The van der Waals surface area contributed by atoms with E-state index in [9.17, 15) is 0 Å². The van der Waals surface area contributed by atoms with Crippen molar-refractivity contribution in [2.24, 2.45) is 0 Å². The van der Waals surface area contributed by atoms with Gasteiger partial charge in [0.15, 0.2) is 0 Å². The molecule has 0 spiro atoms. The highest BCUT2D eigenvalue weighted by Gasteiger charge is 2.26. The molecule has 0 saturated carbocycles. The molecule has 0 fully saturated rings. The van der Waals surface area contributed by atoms with E-state index in [0.717, 1.165) is 12.8 Å². The Balaban J connectivity index is 1.38. The zero-order valence-electron chi connectivity index (χ0n) is 22.1. The molecule has 0 aromatic heterocycles. The number of benzene rings is 7. The maximum absolute atomic E-state index is 2.42. The van der Waals surface area contributed by atoms with Crippen LogP contribution in [0.3, 0.4) is 0 Å². The predicted molar refractivity (Wildman–Crippen MR) is 169 cm³/mol. The van der Waals surface area contributed by atoms with Crippen molar-refractivity contribution < 1.29 is 0 Å². The lowest BCUT2D eigenvalue weighted by Crippen LogP contribution is -1.95. The molecule has 7 aromatic carbocycles. The van der Waals surface area contributed by atoms with Gasteiger partial charge < -0.3 is 0 Å². The molecule has 2 aliphatic carbocycles. The second-order valence-electron chi connectivity index (χ2n) is 11.2. The van der Waals surface area contributed by atoms with Crippen LogP contribution in [0, 0.1) is 0 Å². The van der Waals surface area contributed by atoms with E-state index >= 15 is 0 Å². The van der Waals surface area contributed by atoms with E-state index in [-0.39, 0.29) is 0 Å². The monoisotopic (exact) mass is 506 g/mol. The zero-order chi connectivity index (χ0) is 26.2. The van der Waals surface area contributed by atoms with Gasteiger partial charge in [0.05, 0.1) is 0 Å². The number of fused-ring (bicyclic) bond motifs is 8. The molecular formula is C40H26. The first-order valence-electron chi connectivity index (χ1n) is 14.2. The van der Waals surface area contributed by atoms with Crippen LogP contribution in [-0.2, 0) is 12.8 Å². The van der Waals surface area contributed by atoms with Crippen molar-refractivity contribution in [3.8, 4) is 44.5 Å². The molecule has 186 valence electrons. The predicted octanol–water partition coefficient (Wildman–Crippen LogP) is 10.5.